The van der Waals surface area contributed by atoms with E-state index >= 15 is 0 Å². The summed E-state index contributed by atoms with van der Waals surface area (Å²) in [6.07, 6.45) is -0.281. The van der Waals surface area contributed by atoms with Gasteiger partial charge in [0.25, 0.3) is 0 Å². The van der Waals surface area contributed by atoms with Crippen molar-refractivity contribution in [2.45, 2.75) is 32.9 Å². The van der Waals surface area contributed by atoms with Crippen molar-refractivity contribution in [2.75, 3.05) is 27.2 Å². The monoisotopic (exact) mass is 356 g/mol. The van der Waals surface area contributed by atoms with Crippen molar-refractivity contribution in [3.05, 3.63) is 34.3 Å². The highest BCUT2D eigenvalue weighted by Gasteiger charge is 2.19. The molecule has 0 N–H and O–H groups in total. The van der Waals surface area contributed by atoms with Gasteiger partial charge in [0.2, 0.25) is 0 Å². The van der Waals surface area contributed by atoms with Crippen LogP contribution in [0.25, 0.3) is 0 Å². The predicted molar refractivity (Wildman–Crippen MR) is 89.3 cm³/mol. The number of ether oxygens (including phenoxy) is 1. The number of hydrogen-bond donors (Lipinski definition) is 0. The fraction of sp³-hybridized carbons (Fsp3) is 0.562. The third-order valence-electron chi connectivity index (χ3n) is 2.92. The molecule has 1 aromatic carbocycles. The Balaban J connectivity index is 2.41. The lowest BCUT2D eigenvalue weighted by Crippen LogP contribution is -2.38. The molecule has 0 bridgehead atoms. The molecule has 0 aromatic heterocycles. The van der Waals surface area contributed by atoms with Gasteiger partial charge in [0.15, 0.2) is 0 Å². The molecule has 0 unspecified atom stereocenters. The van der Waals surface area contributed by atoms with E-state index in [2.05, 4.69) is 26.9 Å². The zero-order valence-electron chi connectivity index (χ0n) is 13.5. The van der Waals surface area contributed by atoms with Crippen molar-refractivity contribution in [2.24, 2.45) is 0 Å². The van der Waals surface area contributed by atoms with Crippen LogP contribution >= 0.6 is 15.9 Å². The van der Waals surface area contributed by atoms with Gasteiger partial charge in [0.1, 0.15) is 5.60 Å². The number of carbonyl (C=O) groups is 1. The van der Waals surface area contributed by atoms with E-state index in [4.69, 9.17) is 4.74 Å². The first-order chi connectivity index (χ1) is 9.69. The summed E-state index contributed by atoms with van der Waals surface area (Å²) < 4.78 is 6.44. The van der Waals surface area contributed by atoms with Crippen LogP contribution in [0, 0.1) is 0 Å². The molecule has 21 heavy (non-hydrogen) atoms. The maximum atomic E-state index is 11.9. The van der Waals surface area contributed by atoms with Gasteiger partial charge in [-0.15, -0.1) is 0 Å². The summed E-state index contributed by atoms with van der Waals surface area (Å²) in [5.41, 5.74) is 0.784. The Labute approximate surface area is 136 Å². The van der Waals surface area contributed by atoms with Crippen LogP contribution in [-0.2, 0) is 11.3 Å². The van der Waals surface area contributed by atoms with Gasteiger partial charge < -0.3 is 14.5 Å². The first-order valence-electron chi connectivity index (χ1n) is 7.05. The van der Waals surface area contributed by atoms with Gasteiger partial charge in [0, 0.05) is 31.2 Å². The summed E-state index contributed by atoms with van der Waals surface area (Å²) in [4.78, 5) is 15.7. The molecule has 0 atom stereocenters. The van der Waals surface area contributed by atoms with E-state index in [1.54, 1.807) is 11.9 Å². The molecule has 5 heteroatoms. The van der Waals surface area contributed by atoms with Crippen LogP contribution in [0.4, 0.5) is 4.79 Å². The van der Waals surface area contributed by atoms with Crippen LogP contribution in [0.3, 0.4) is 0 Å². The number of carbonyl (C=O) groups excluding carboxylic acids is 1. The SMILES string of the molecule is CN(CCN(C)C(=O)OC(C)(C)C)Cc1ccccc1Br. The van der Waals surface area contributed by atoms with E-state index in [1.165, 1.54) is 5.56 Å². The van der Waals surface area contributed by atoms with Gasteiger partial charge in [-0.05, 0) is 39.4 Å². The molecule has 1 rings (SSSR count). The zero-order chi connectivity index (χ0) is 16.0. The standard InChI is InChI=1S/C16H25BrN2O2/c1-16(2,3)21-15(20)19(5)11-10-18(4)12-13-8-6-7-9-14(13)17/h6-9H,10-12H2,1-5H3. The molecule has 1 aromatic rings. The minimum absolute atomic E-state index is 0.281. The Morgan fingerprint density at radius 2 is 1.81 bits per heavy atom. The first-order valence-corrected chi connectivity index (χ1v) is 7.84. The van der Waals surface area contributed by atoms with Crippen LogP contribution in [0.15, 0.2) is 28.7 Å². The Bertz CT molecular complexity index is 472. The highest BCUT2D eigenvalue weighted by molar-refractivity contribution is 9.10. The molecule has 0 saturated heterocycles. The molecule has 118 valence electrons. The topological polar surface area (TPSA) is 32.8 Å². The van der Waals surface area contributed by atoms with Gasteiger partial charge in [0.05, 0.1) is 0 Å². The molecule has 0 saturated carbocycles. The summed E-state index contributed by atoms with van der Waals surface area (Å²) in [6.45, 7) is 7.88. The van der Waals surface area contributed by atoms with Crippen LogP contribution in [0.2, 0.25) is 0 Å². The largest absolute Gasteiger partial charge is 0.444 e. The number of nitrogens with zero attached hydrogens (tertiary/aromatic N) is 2. The molecule has 0 aliphatic heterocycles. The minimum Gasteiger partial charge on any atom is -0.444 e. The fourth-order valence-electron chi connectivity index (χ4n) is 1.75. The van der Waals surface area contributed by atoms with Crippen molar-refractivity contribution in [1.82, 2.24) is 9.80 Å². The Morgan fingerprint density at radius 1 is 1.19 bits per heavy atom. The molecule has 4 nitrogen and oxygen atoms in total. The lowest BCUT2D eigenvalue weighted by Gasteiger charge is -2.26. The maximum absolute atomic E-state index is 11.9. The predicted octanol–water partition coefficient (Wildman–Crippen LogP) is 3.75. The van der Waals surface area contributed by atoms with Crippen LogP contribution in [-0.4, -0.2) is 48.7 Å². The Hall–Kier alpha value is -1.07. The molecule has 0 heterocycles. The van der Waals surface area contributed by atoms with E-state index in [0.717, 1.165) is 17.6 Å². The number of hydrogen-bond acceptors (Lipinski definition) is 3. The molecule has 0 aliphatic rings. The molecular weight excluding hydrogens is 332 g/mol. The van der Waals surface area contributed by atoms with Crippen molar-refractivity contribution < 1.29 is 9.53 Å². The van der Waals surface area contributed by atoms with Gasteiger partial charge in [-0.2, -0.15) is 0 Å². The smallest absolute Gasteiger partial charge is 0.410 e. The molecule has 0 radical (unpaired) electrons. The van der Waals surface area contributed by atoms with Crippen molar-refractivity contribution >= 4 is 22.0 Å². The van der Waals surface area contributed by atoms with Crippen LogP contribution < -0.4 is 0 Å². The highest BCUT2D eigenvalue weighted by Crippen LogP contribution is 2.17. The summed E-state index contributed by atoms with van der Waals surface area (Å²) in [7, 11) is 3.81. The quantitative estimate of drug-likeness (QED) is 0.805. The van der Waals surface area contributed by atoms with Gasteiger partial charge in [-0.25, -0.2) is 4.79 Å². The number of rotatable bonds is 5. The van der Waals surface area contributed by atoms with E-state index in [0.29, 0.717) is 6.54 Å². The fourth-order valence-corrected chi connectivity index (χ4v) is 2.16. The maximum Gasteiger partial charge on any atom is 0.410 e. The van der Waals surface area contributed by atoms with Crippen LogP contribution in [0.5, 0.6) is 0 Å². The molecule has 0 fully saturated rings. The van der Waals surface area contributed by atoms with E-state index in [-0.39, 0.29) is 6.09 Å². The first kappa shape index (κ1) is 18.0. The zero-order valence-corrected chi connectivity index (χ0v) is 15.1. The lowest BCUT2D eigenvalue weighted by atomic mass is 10.2. The number of halogens is 1. The van der Waals surface area contributed by atoms with E-state index < -0.39 is 5.60 Å². The van der Waals surface area contributed by atoms with Crippen molar-refractivity contribution in [1.29, 1.82) is 0 Å². The van der Waals surface area contributed by atoms with Gasteiger partial charge >= 0.3 is 6.09 Å². The molecule has 0 aliphatic carbocycles. The van der Waals surface area contributed by atoms with E-state index in [9.17, 15) is 4.79 Å². The van der Waals surface area contributed by atoms with Crippen molar-refractivity contribution in [3.63, 3.8) is 0 Å². The normalized spacial score (nSPS) is 11.6. The second kappa shape index (κ2) is 7.80. The van der Waals surface area contributed by atoms with Gasteiger partial charge in [-0.1, -0.05) is 34.1 Å². The summed E-state index contributed by atoms with van der Waals surface area (Å²) in [5.74, 6) is 0. The average Bonchev–Trinajstić information content (AvgIpc) is 2.36. The highest BCUT2D eigenvalue weighted by atomic mass is 79.9. The second-order valence-corrected chi connectivity index (χ2v) is 7.09. The van der Waals surface area contributed by atoms with Gasteiger partial charge in [-0.3, -0.25) is 0 Å². The number of benzene rings is 1. The second-order valence-electron chi connectivity index (χ2n) is 6.23. The molecular formula is C16H25BrN2O2. The van der Waals surface area contributed by atoms with Crippen LogP contribution in [0.1, 0.15) is 26.3 Å². The average molecular weight is 357 g/mol. The summed E-state index contributed by atoms with van der Waals surface area (Å²) >= 11 is 3.55. The third kappa shape index (κ3) is 6.96. The number of amides is 1. The van der Waals surface area contributed by atoms with Crippen molar-refractivity contribution in [3.8, 4) is 0 Å². The lowest BCUT2D eigenvalue weighted by molar-refractivity contribution is 0.0286. The number of likely N-dealkylation sites (N-methyl/N-ethyl adjacent to an activating group) is 2. The van der Waals surface area contributed by atoms with E-state index in [1.807, 2.05) is 46.0 Å². The Morgan fingerprint density at radius 3 is 2.38 bits per heavy atom. The summed E-state index contributed by atoms with van der Waals surface area (Å²) in [5, 5.41) is 0. The Kier molecular flexibility index (Phi) is 6.68. The molecule has 1 amide bonds. The molecule has 0 spiro atoms. The third-order valence-corrected chi connectivity index (χ3v) is 3.69. The summed E-state index contributed by atoms with van der Waals surface area (Å²) in [6, 6.07) is 8.17. The minimum atomic E-state index is -0.452.